The molecule has 44 heavy (non-hydrogen) atoms. The molecule has 0 fully saturated rings. The van der Waals surface area contributed by atoms with Gasteiger partial charge >= 0.3 is 264 Å². The van der Waals surface area contributed by atoms with Crippen LogP contribution in [0.3, 0.4) is 0 Å². The summed E-state index contributed by atoms with van der Waals surface area (Å²) in [7, 11) is 6.83. The standard InChI is InChI=1S/2C17H15O2.C2H6Si.2CH3.Hf/c2*1-18-14-9-13(10-15(11-14)19-2)17-8-4-6-12-5-3-7-16(12)17;1-3-2;;;/h2*3-11H,1-2H3;1-2H3;2*1H3;. The van der Waals surface area contributed by atoms with Gasteiger partial charge in [0.25, 0.3) is 0 Å². The average molecular weight is 769 g/mol. The molecular formula is C38H42HfO4Si. The van der Waals surface area contributed by atoms with Crippen molar-refractivity contribution in [2.24, 2.45) is 0 Å². The van der Waals surface area contributed by atoms with Crippen LogP contribution in [0.4, 0.5) is 0 Å². The summed E-state index contributed by atoms with van der Waals surface area (Å²) in [4.78, 5) is 0. The normalized spacial score (nSPS) is 16.8. The van der Waals surface area contributed by atoms with Crippen molar-refractivity contribution >= 4 is 17.6 Å². The second-order valence-electron chi connectivity index (χ2n) is 13.1. The third-order valence-electron chi connectivity index (χ3n) is 10.7. The van der Waals surface area contributed by atoms with Crippen molar-refractivity contribution in [1.29, 1.82) is 0 Å². The van der Waals surface area contributed by atoms with E-state index in [-0.39, 0.29) is 0 Å². The SMILES string of the molecule is COc1cc(OC)cc(-c2cccc3c2C=C[CH]3[Hf]([CH3])([CH3])([CH]2C=Cc3c(-c4cc(OC)cc(OC)c4)cccc32)=[Si](C)C)c1. The number of methoxy groups -OCH3 is 4. The van der Waals surface area contributed by atoms with E-state index in [2.05, 4.69) is 107 Å². The third kappa shape index (κ3) is 4.82. The molecule has 6 heteroatoms. The van der Waals surface area contributed by atoms with E-state index in [1.54, 1.807) is 28.4 Å². The van der Waals surface area contributed by atoms with Crippen LogP contribution in [0, 0.1) is 0 Å². The van der Waals surface area contributed by atoms with Gasteiger partial charge in [-0.05, 0) is 0 Å². The van der Waals surface area contributed by atoms with Gasteiger partial charge in [-0.2, -0.15) is 0 Å². The zero-order valence-corrected chi connectivity index (χ0v) is 31.6. The van der Waals surface area contributed by atoms with E-state index in [4.69, 9.17) is 18.9 Å². The van der Waals surface area contributed by atoms with Gasteiger partial charge in [0.15, 0.2) is 0 Å². The summed E-state index contributed by atoms with van der Waals surface area (Å²) in [6.45, 7) is 5.15. The van der Waals surface area contributed by atoms with Gasteiger partial charge in [0.2, 0.25) is 0 Å². The maximum atomic E-state index is 5.62. The molecule has 0 aliphatic heterocycles. The number of ether oxygens (including phenoxy) is 4. The summed E-state index contributed by atoms with van der Waals surface area (Å²) in [5.74, 6) is 3.21. The van der Waals surface area contributed by atoms with Gasteiger partial charge in [-0.15, -0.1) is 0 Å². The van der Waals surface area contributed by atoms with Crippen LogP contribution in [0.1, 0.15) is 29.6 Å². The third-order valence-corrected chi connectivity index (χ3v) is 70.3. The van der Waals surface area contributed by atoms with Gasteiger partial charge in [-0.25, -0.2) is 0 Å². The number of hydrogen-bond donors (Lipinski definition) is 0. The van der Waals surface area contributed by atoms with Gasteiger partial charge in [-0.1, -0.05) is 0 Å². The first kappa shape index (κ1) is 30.7. The van der Waals surface area contributed by atoms with Crippen molar-refractivity contribution in [2.75, 3.05) is 28.4 Å². The molecule has 2 aliphatic carbocycles. The Morgan fingerprint density at radius 3 is 1.23 bits per heavy atom. The van der Waals surface area contributed by atoms with E-state index in [1.165, 1.54) is 33.4 Å². The molecule has 226 valence electrons. The molecule has 2 aliphatic rings. The van der Waals surface area contributed by atoms with Crippen LogP contribution in [0.25, 0.3) is 34.4 Å². The molecule has 4 nitrogen and oxygen atoms in total. The maximum absolute atomic E-state index is 5.62. The number of hydrogen-bond acceptors (Lipinski definition) is 4. The Balaban J connectivity index is 1.49. The molecule has 0 N–H and O–H groups in total. The van der Waals surface area contributed by atoms with E-state index in [0.717, 1.165) is 34.1 Å². The molecule has 0 heterocycles. The quantitative estimate of drug-likeness (QED) is 0.167. The summed E-state index contributed by atoms with van der Waals surface area (Å²) < 4.78 is 28.9. The van der Waals surface area contributed by atoms with Gasteiger partial charge < -0.3 is 0 Å². The fraction of sp³-hybridized carbons (Fsp3) is 0.263. The minimum atomic E-state index is -3.83. The molecule has 0 radical (unpaired) electrons. The van der Waals surface area contributed by atoms with E-state index in [0.29, 0.717) is 7.35 Å². The summed E-state index contributed by atoms with van der Waals surface area (Å²) >= 11 is -3.83. The molecule has 0 saturated carbocycles. The second kappa shape index (κ2) is 11.5. The van der Waals surface area contributed by atoms with E-state index < -0.39 is 22.6 Å². The zero-order valence-electron chi connectivity index (χ0n) is 27.0. The summed E-state index contributed by atoms with van der Waals surface area (Å²) in [5, 5.41) is 0. The molecule has 0 aromatic heterocycles. The van der Waals surface area contributed by atoms with Crippen molar-refractivity contribution < 1.29 is 36.1 Å². The first-order chi connectivity index (χ1) is 21.1. The Labute approximate surface area is 263 Å². The van der Waals surface area contributed by atoms with Crippen LogP contribution in [-0.2, 0) is 17.1 Å². The number of allylic oxidation sites excluding steroid dienone is 2. The first-order valence-electron chi connectivity index (χ1n) is 15.2. The number of benzene rings is 4. The van der Waals surface area contributed by atoms with Crippen LogP contribution < -0.4 is 18.9 Å². The molecular weight excluding hydrogens is 727 g/mol. The van der Waals surface area contributed by atoms with Crippen LogP contribution >= 0.6 is 0 Å². The van der Waals surface area contributed by atoms with Gasteiger partial charge in [-0.3, -0.25) is 0 Å². The molecule has 6 rings (SSSR count). The molecule has 2 unspecified atom stereocenters. The summed E-state index contributed by atoms with van der Waals surface area (Å²) in [5.41, 5.74) is 9.65. The average Bonchev–Trinajstić information content (AvgIpc) is 3.70. The van der Waals surface area contributed by atoms with Crippen LogP contribution in [0.2, 0.25) is 22.5 Å². The van der Waals surface area contributed by atoms with E-state index in [9.17, 15) is 0 Å². The van der Waals surface area contributed by atoms with E-state index in [1.807, 2.05) is 12.1 Å². The van der Waals surface area contributed by atoms with Gasteiger partial charge in [0.1, 0.15) is 0 Å². The Hall–Kier alpha value is -3.35. The Morgan fingerprint density at radius 2 is 0.909 bits per heavy atom. The Morgan fingerprint density at radius 1 is 0.545 bits per heavy atom. The van der Waals surface area contributed by atoms with Crippen molar-refractivity contribution in [3.05, 3.63) is 107 Å². The van der Waals surface area contributed by atoms with Crippen LogP contribution in [-0.4, -0.2) is 33.9 Å². The minimum absolute atomic E-state index is 0.458. The summed E-state index contributed by atoms with van der Waals surface area (Å²) in [6.07, 6.45) is 9.91. The zero-order chi connectivity index (χ0) is 31.2. The molecule has 0 spiro atoms. The molecule has 0 amide bonds. The fourth-order valence-corrected chi connectivity index (χ4v) is 41.3. The monoisotopic (exact) mass is 770 g/mol. The van der Waals surface area contributed by atoms with Crippen LogP contribution in [0.5, 0.6) is 23.0 Å². The van der Waals surface area contributed by atoms with Crippen molar-refractivity contribution in [3.8, 4) is 45.3 Å². The molecule has 2 atom stereocenters. The molecule has 4 aromatic rings. The predicted molar refractivity (Wildman–Crippen MR) is 183 cm³/mol. The van der Waals surface area contributed by atoms with Crippen LogP contribution in [0.15, 0.2) is 84.9 Å². The molecule has 4 aromatic carbocycles. The van der Waals surface area contributed by atoms with Crippen molar-refractivity contribution in [1.82, 2.24) is 0 Å². The predicted octanol–water partition coefficient (Wildman–Crippen LogP) is 9.93. The van der Waals surface area contributed by atoms with Gasteiger partial charge in [0, 0.05) is 0 Å². The Bertz CT molecular complexity index is 1740. The number of fused-ring (bicyclic) bond motifs is 2. The molecule has 0 bridgehead atoms. The topological polar surface area (TPSA) is 36.9 Å². The Kier molecular flexibility index (Phi) is 8.04. The number of rotatable bonds is 8. The van der Waals surface area contributed by atoms with Gasteiger partial charge in [0.05, 0.1) is 0 Å². The second-order valence-corrected chi connectivity index (χ2v) is 62.0. The molecule has 0 saturated heterocycles. The first-order valence-corrected chi connectivity index (χ1v) is 34.4. The summed E-state index contributed by atoms with van der Waals surface area (Å²) in [6, 6.07) is 26.0. The van der Waals surface area contributed by atoms with Crippen molar-refractivity contribution in [3.63, 3.8) is 0 Å². The van der Waals surface area contributed by atoms with E-state index >= 15 is 0 Å². The fourth-order valence-electron chi connectivity index (χ4n) is 7.47. The van der Waals surface area contributed by atoms with Crippen molar-refractivity contribution in [2.45, 2.75) is 29.8 Å².